The number of hydrogen-bond donors (Lipinski definition) is 0. The van der Waals surface area contributed by atoms with Gasteiger partial charge in [0.15, 0.2) is 0 Å². The van der Waals surface area contributed by atoms with Crippen LogP contribution in [0.1, 0.15) is 13.3 Å². The number of carbonyl (C=O) groups is 1. The van der Waals surface area contributed by atoms with Gasteiger partial charge in [0, 0.05) is 18.3 Å². The van der Waals surface area contributed by atoms with Crippen LogP contribution < -0.4 is 5.56 Å². The molecule has 0 aliphatic heterocycles. The molecular formula is C17H16N2O3S. The SMILES string of the molecule is CCOC(=O)CCn1sc2ncc(-c3ccccc3)cc2c1=O. The van der Waals surface area contributed by atoms with Crippen LogP contribution in [0.4, 0.5) is 0 Å². The summed E-state index contributed by atoms with van der Waals surface area (Å²) in [4.78, 5) is 29.0. The van der Waals surface area contributed by atoms with Gasteiger partial charge in [-0.05, 0) is 30.1 Å². The molecule has 0 fully saturated rings. The van der Waals surface area contributed by atoms with E-state index in [2.05, 4.69) is 4.98 Å². The molecule has 0 saturated carbocycles. The van der Waals surface area contributed by atoms with Crippen molar-refractivity contribution in [3.8, 4) is 11.1 Å². The number of rotatable bonds is 5. The van der Waals surface area contributed by atoms with Gasteiger partial charge >= 0.3 is 5.97 Å². The van der Waals surface area contributed by atoms with Crippen molar-refractivity contribution in [3.63, 3.8) is 0 Å². The van der Waals surface area contributed by atoms with Crippen LogP contribution in [0.25, 0.3) is 21.3 Å². The maximum Gasteiger partial charge on any atom is 0.307 e. The largest absolute Gasteiger partial charge is 0.466 e. The third-order valence-corrected chi connectivity index (χ3v) is 4.50. The highest BCUT2D eigenvalue weighted by molar-refractivity contribution is 7.13. The smallest absolute Gasteiger partial charge is 0.307 e. The predicted molar refractivity (Wildman–Crippen MR) is 90.6 cm³/mol. The number of aromatic nitrogens is 2. The highest BCUT2D eigenvalue weighted by Gasteiger charge is 2.12. The summed E-state index contributed by atoms with van der Waals surface area (Å²) in [5, 5.41) is 0.584. The molecule has 6 heteroatoms. The van der Waals surface area contributed by atoms with Gasteiger partial charge in [0.2, 0.25) is 0 Å². The van der Waals surface area contributed by atoms with Crippen LogP contribution in [0.3, 0.4) is 0 Å². The average molecular weight is 328 g/mol. The lowest BCUT2D eigenvalue weighted by molar-refractivity contribution is -0.143. The molecule has 3 aromatic rings. The van der Waals surface area contributed by atoms with Gasteiger partial charge in [-0.1, -0.05) is 30.3 Å². The van der Waals surface area contributed by atoms with Gasteiger partial charge in [0.05, 0.1) is 18.4 Å². The molecule has 0 atom stereocenters. The second-order valence-corrected chi connectivity index (χ2v) is 6.01. The van der Waals surface area contributed by atoms with Gasteiger partial charge in [0.1, 0.15) is 4.83 Å². The van der Waals surface area contributed by atoms with Gasteiger partial charge in [-0.2, -0.15) is 0 Å². The Kier molecular flexibility index (Phi) is 4.52. The van der Waals surface area contributed by atoms with Crippen molar-refractivity contribution in [2.75, 3.05) is 6.61 Å². The summed E-state index contributed by atoms with van der Waals surface area (Å²) < 4.78 is 6.45. The van der Waals surface area contributed by atoms with Crippen molar-refractivity contribution in [2.24, 2.45) is 0 Å². The van der Waals surface area contributed by atoms with Crippen LogP contribution >= 0.6 is 11.5 Å². The van der Waals surface area contributed by atoms with Gasteiger partial charge in [0.25, 0.3) is 5.56 Å². The molecule has 1 aromatic carbocycles. The Balaban J connectivity index is 1.90. The summed E-state index contributed by atoms with van der Waals surface area (Å²) in [6.07, 6.45) is 1.95. The summed E-state index contributed by atoms with van der Waals surface area (Å²) in [7, 11) is 0. The fourth-order valence-corrected chi connectivity index (χ4v) is 3.24. The number of fused-ring (bicyclic) bond motifs is 1. The molecule has 0 saturated heterocycles. The van der Waals surface area contributed by atoms with E-state index >= 15 is 0 Å². The molecule has 5 nitrogen and oxygen atoms in total. The third-order valence-electron chi connectivity index (χ3n) is 3.44. The Hall–Kier alpha value is -2.47. The molecule has 0 spiro atoms. The quantitative estimate of drug-likeness (QED) is 0.675. The molecule has 118 valence electrons. The Morgan fingerprint density at radius 2 is 2.04 bits per heavy atom. The van der Waals surface area contributed by atoms with E-state index in [1.807, 2.05) is 36.4 Å². The molecule has 0 aliphatic carbocycles. The first kappa shape index (κ1) is 15.4. The van der Waals surface area contributed by atoms with E-state index in [-0.39, 0.29) is 17.9 Å². The zero-order valence-electron chi connectivity index (χ0n) is 12.7. The minimum Gasteiger partial charge on any atom is -0.466 e. The number of benzene rings is 1. The normalized spacial score (nSPS) is 10.8. The zero-order chi connectivity index (χ0) is 16.2. The number of carbonyl (C=O) groups excluding carboxylic acids is 1. The monoisotopic (exact) mass is 328 g/mol. The summed E-state index contributed by atoms with van der Waals surface area (Å²) in [5.41, 5.74) is 1.82. The molecule has 0 radical (unpaired) electrons. The molecule has 2 heterocycles. The molecule has 23 heavy (non-hydrogen) atoms. The van der Waals surface area contributed by atoms with E-state index in [1.54, 1.807) is 17.1 Å². The Bertz CT molecular complexity index is 884. The molecule has 0 aliphatic rings. The lowest BCUT2D eigenvalue weighted by atomic mass is 10.1. The van der Waals surface area contributed by atoms with Crippen molar-refractivity contribution < 1.29 is 9.53 Å². The number of nitrogens with zero attached hydrogens (tertiary/aromatic N) is 2. The van der Waals surface area contributed by atoms with Crippen LogP contribution in [0.5, 0.6) is 0 Å². The molecule has 0 bridgehead atoms. The zero-order valence-corrected chi connectivity index (χ0v) is 13.5. The summed E-state index contributed by atoms with van der Waals surface area (Å²) >= 11 is 1.27. The van der Waals surface area contributed by atoms with Crippen LogP contribution in [0.2, 0.25) is 0 Å². The molecular weight excluding hydrogens is 312 g/mol. The highest BCUT2D eigenvalue weighted by atomic mass is 32.1. The fourth-order valence-electron chi connectivity index (χ4n) is 2.32. The molecule has 0 unspecified atom stereocenters. The van der Waals surface area contributed by atoms with Gasteiger partial charge in [-0.25, -0.2) is 4.98 Å². The van der Waals surface area contributed by atoms with Crippen molar-refractivity contribution in [2.45, 2.75) is 19.9 Å². The van der Waals surface area contributed by atoms with Gasteiger partial charge in [-0.3, -0.25) is 13.5 Å². The third kappa shape index (κ3) is 3.32. The van der Waals surface area contributed by atoms with E-state index in [0.29, 0.717) is 23.4 Å². The summed E-state index contributed by atoms with van der Waals surface area (Å²) in [6, 6.07) is 11.7. The molecule has 0 N–H and O–H groups in total. The van der Waals surface area contributed by atoms with E-state index in [0.717, 1.165) is 11.1 Å². The Morgan fingerprint density at radius 3 is 2.78 bits per heavy atom. The molecule has 0 amide bonds. The van der Waals surface area contributed by atoms with Crippen molar-refractivity contribution >= 4 is 27.7 Å². The summed E-state index contributed by atoms with van der Waals surface area (Å²) in [5.74, 6) is -0.296. The fraction of sp³-hybridized carbons (Fsp3) is 0.235. The predicted octanol–water partition coefficient (Wildman–Crippen LogP) is 3.08. The topological polar surface area (TPSA) is 61.2 Å². The first-order chi connectivity index (χ1) is 11.2. The maximum absolute atomic E-state index is 12.5. The average Bonchev–Trinajstić information content (AvgIpc) is 2.90. The van der Waals surface area contributed by atoms with Crippen LogP contribution in [-0.2, 0) is 16.1 Å². The van der Waals surface area contributed by atoms with Gasteiger partial charge in [-0.15, -0.1) is 0 Å². The van der Waals surface area contributed by atoms with E-state index in [9.17, 15) is 9.59 Å². The standard InChI is InChI=1S/C17H16N2O3S/c1-2-22-15(20)8-9-19-17(21)14-10-13(11-18-16(14)23-19)12-6-4-3-5-7-12/h3-7,10-11H,2,8-9H2,1H3. The minimum absolute atomic E-state index is 0.112. The number of pyridine rings is 1. The van der Waals surface area contributed by atoms with Crippen LogP contribution in [-0.4, -0.2) is 21.5 Å². The van der Waals surface area contributed by atoms with Crippen LogP contribution in [0.15, 0.2) is 47.4 Å². The van der Waals surface area contributed by atoms with E-state index in [4.69, 9.17) is 4.74 Å². The number of hydrogen-bond acceptors (Lipinski definition) is 5. The van der Waals surface area contributed by atoms with Crippen molar-refractivity contribution in [3.05, 3.63) is 52.9 Å². The highest BCUT2D eigenvalue weighted by Crippen LogP contribution is 2.23. The lowest BCUT2D eigenvalue weighted by Crippen LogP contribution is -2.16. The van der Waals surface area contributed by atoms with Crippen molar-refractivity contribution in [1.82, 2.24) is 8.94 Å². The number of aryl methyl sites for hydroxylation is 1. The maximum atomic E-state index is 12.5. The van der Waals surface area contributed by atoms with Gasteiger partial charge < -0.3 is 4.74 Å². The second-order valence-electron chi connectivity index (χ2n) is 5.00. The Labute approximate surface area is 137 Å². The van der Waals surface area contributed by atoms with E-state index in [1.165, 1.54) is 11.5 Å². The minimum atomic E-state index is -0.296. The summed E-state index contributed by atoms with van der Waals surface area (Å²) in [6.45, 7) is 2.43. The number of esters is 1. The Morgan fingerprint density at radius 1 is 1.26 bits per heavy atom. The second kappa shape index (κ2) is 6.75. The van der Waals surface area contributed by atoms with Crippen LogP contribution in [0, 0.1) is 0 Å². The van der Waals surface area contributed by atoms with E-state index < -0.39 is 0 Å². The molecule has 2 aromatic heterocycles. The first-order valence-corrected chi connectivity index (χ1v) is 8.17. The first-order valence-electron chi connectivity index (χ1n) is 7.40. The van der Waals surface area contributed by atoms with Crippen molar-refractivity contribution in [1.29, 1.82) is 0 Å². The molecule has 3 rings (SSSR count). The lowest BCUT2D eigenvalue weighted by Gasteiger charge is -2.00. The number of ether oxygens (including phenoxy) is 1.